The molecule has 0 atom stereocenters. The summed E-state index contributed by atoms with van der Waals surface area (Å²) in [5, 5.41) is 3.39. The predicted octanol–water partition coefficient (Wildman–Crippen LogP) is 5.33. The summed E-state index contributed by atoms with van der Waals surface area (Å²) in [6.45, 7) is 6.29. The fourth-order valence-electron chi connectivity index (χ4n) is 3.54. The van der Waals surface area contributed by atoms with E-state index in [2.05, 4.69) is 60.4 Å². The van der Waals surface area contributed by atoms with E-state index in [-0.39, 0.29) is 0 Å². The lowest BCUT2D eigenvalue weighted by atomic mass is 10.0. The Morgan fingerprint density at radius 3 is 2.62 bits per heavy atom. The number of fused-ring (bicyclic) bond motifs is 1. The molecule has 3 rings (SSSR count). The summed E-state index contributed by atoms with van der Waals surface area (Å²) >= 11 is 6.07. The van der Waals surface area contributed by atoms with Crippen LogP contribution in [0.1, 0.15) is 31.7 Å². The molecule has 2 aromatic carbocycles. The number of quaternary nitrogens is 1. The summed E-state index contributed by atoms with van der Waals surface area (Å²) in [7, 11) is 0. The number of piperidine rings is 1. The van der Waals surface area contributed by atoms with Crippen LogP contribution in [-0.4, -0.2) is 30.7 Å². The molecule has 2 aromatic rings. The molecule has 1 aliphatic heterocycles. The van der Waals surface area contributed by atoms with E-state index >= 15 is 0 Å². The van der Waals surface area contributed by atoms with E-state index < -0.39 is 0 Å². The average molecular weight is 339 g/mol. The largest absolute Gasteiger partial charge is 0.310 e. The Balaban J connectivity index is 1.82. The highest BCUT2D eigenvalue weighted by Gasteiger charge is 2.27. The molecule has 24 heavy (non-hydrogen) atoms. The first kappa shape index (κ1) is 17.1. The van der Waals surface area contributed by atoms with Crippen LogP contribution >= 0.6 is 11.6 Å². The Kier molecular flexibility index (Phi) is 5.61. The van der Waals surface area contributed by atoms with Crippen molar-refractivity contribution in [3.05, 3.63) is 59.1 Å². The molecule has 124 valence electrons. The van der Waals surface area contributed by atoms with Crippen molar-refractivity contribution >= 4 is 22.4 Å². The topological polar surface area (TPSA) is 0 Å². The summed E-state index contributed by atoms with van der Waals surface area (Å²) < 4.78 is 1.06. The minimum absolute atomic E-state index is 0.889. The van der Waals surface area contributed by atoms with Gasteiger partial charge in [-0.05, 0) is 55.0 Å². The maximum atomic E-state index is 6.07. The van der Waals surface area contributed by atoms with Crippen molar-refractivity contribution in [3.8, 4) is 11.8 Å². The third kappa shape index (κ3) is 4.20. The van der Waals surface area contributed by atoms with E-state index in [4.69, 9.17) is 11.6 Å². The molecule has 1 saturated heterocycles. The van der Waals surface area contributed by atoms with Crippen molar-refractivity contribution in [2.24, 2.45) is 0 Å². The minimum Gasteiger partial charge on any atom is -0.310 e. The van der Waals surface area contributed by atoms with Crippen molar-refractivity contribution in [1.82, 2.24) is 0 Å². The molecule has 0 bridgehead atoms. The normalized spacial score (nSPS) is 17.3. The Labute approximate surface area is 150 Å². The molecular weight excluding hydrogens is 314 g/mol. The standard InChI is InChI=1S/C22H25ClN/c1-19(23)14-18-24(15-5-2-6-16-24)17-8-12-21-11-7-10-20-9-3-4-13-22(20)21/h3-4,7,9-11,13-14H,2,5-6,15-18H2,1H3/q+1/b19-14-. The number of benzene rings is 2. The van der Waals surface area contributed by atoms with Crippen LogP contribution in [0.15, 0.2) is 53.6 Å². The van der Waals surface area contributed by atoms with Gasteiger partial charge >= 0.3 is 0 Å². The zero-order valence-electron chi connectivity index (χ0n) is 14.4. The van der Waals surface area contributed by atoms with Gasteiger partial charge in [0.15, 0.2) is 0 Å². The third-order valence-corrected chi connectivity index (χ3v) is 5.11. The molecule has 1 fully saturated rings. The minimum atomic E-state index is 0.889. The highest BCUT2D eigenvalue weighted by Crippen LogP contribution is 2.20. The second-order valence-electron chi connectivity index (χ2n) is 6.81. The van der Waals surface area contributed by atoms with Crippen LogP contribution in [0.2, 0.25) is 0 Å². The zero-order valence-corrected chi connectivity index (χ0v) is 15.1. The van der Waals surface area contributed by atoms with Crippen LogP contribution in [0.4, 0.5) is 0 Å². The predicted molar refractivity (Wildman–Crippen MR) is 104 cm³/mol. The maximum Gasteiger partial charge on any atom is 0.141 e. The summed E-state index contributed by atoms with van der Waals surface area (Å²) in [6, 6.07) is 14.8. The molecule has 0 saturated carbocycles. The van der Waals surface area contributed by atoms with Gasteiger partial charge in [0.2, 0.25) is 0 Å². The average Bonchev–Trinajstić information content (AvgIpc) is 2.61. The van der Waals surface area contributed by atoms with E-state index in [0.29, 0.717) is 0 Å². The van der Waals surface area contributed by atoms with Crippen molar-refractivity contribution in [2.75, 3.05) is 26.2 Å². The van der Waals surface area contributed by atoms with Gasteiger partial charge in [0.25, 0.3) is 0 Å². The van der Waals surface area contributed by atoms with Gasteiger partial charge in [0.1, 0.15) is 6.54 Å². The second-order valence-corrected chi connectivity index (χ2v) is 7.41. The molecule has 0 unspecified atom stereocenters. The molecule has 0 spiro atoms. The van der Waals surface area contributed by atoms with Gasteiger partial charge < -0.3 is 4.48 Å². The van der Waals surface area contributed by atoms with Gasteiger partial charge in [-0.1, -0.05) is 53.9 Å². The lowest BCUT2D eigenvalue weighted by Gasteiger charge is -2.39. The first-order valence-corrected chi connectivity index (χ1v) is 9.20. The molecule has 0 radical (unpaired) electrons. The lowest BCUT2D eigenvalue weighted by molar-refractivity contribution is -0.920. The van der Waals surface area contributed by atoms with E-state index in [1.54, 1.807) is 0 Å². The van der Waals surface area contributed by atoms with Crippen LogP contribution in [-0.2, 0) is 0 Å². The first-order valence-electron chi connectivity index (χ1n) is 8.83. The van der Waals surface area contributed by atoms with E-state index in [1.165, 1.54) is 43.1 Å². The fourth-order valence-corrected chi connectivity index (χ4v) is 3.61. The zero-order chi connectivity index (χ0) is 16.8. The van der Waals surface area contributed by atoms with Gasteiger partial charge in [-0.25, -0.2) is 0 Å². The van der Waals surface area contributed by atoms with Crippen LogP contribution in [0, 0.1) is 11.8 Å². The van der Waals surface area contributed by atoms with Gasteiger partial charge in [-0.2, -0.15) is 0 Å². The van der Waals surface area contributed by atoms with Crippen molar-refractivity contribution in [2.45, 2.75) is 26.2 Å². The summed E-state index contributed by atoms with van der Waals surface area (Å²) in [5.41, 5.74) is 1.13. The number of likely N-dealkylation sites (tertiary alicyclic amines) is 1. The first-order chi connectivity index (χ1) is 11.7. The Bertz CT molecular complexity index is 779. The van der Waals surface area contributed by atoms with Crippen molar-refractivity contribution in [1.29, 1.82) is 0 Å². The van der Waals surface area contributed by atoms with Crippen molar-refractivity contribution < 1.29 is 4.48 Å². The van der Waals surface area contributed by atoms with E-state index in [9.17, 15) is 0 Å². The second kappa shape index (κ2) is 7.88. The Morgan fingerprint density at radius 2 is 1.83 bits per heavy atom. The smallest absolute Gasteiger partial charge is 0.141 e. The van der Waals surface area contributed by atoms with Crippen LogP contribution in [0.5, 0.6) is 0 Å². The summed E-state index contributed by atoms with van der Waals surface area (Å²) in [5.74, 6) is 6.91. The van der Waals surface area contributed by atoms with E-state index in [1.807, 2.05) is 6.92 Å². The highest BCUT2D eigenvalue weighted by atomic mass is 35.5. The number of rotatable bonds is 3. The quantitative estimate of drug-likeness (QED) is 0.524. The Hall–Kier alpha value is -1.75. The molecule has 1 aliphatic rings. The monoisotopic (exact) mass is 338 g/mol. The number of hydrogen-bond donors (Lipinski definition) is 0. The third-order valence-electron chi connectivity index (χ3n) is 4.95. The number of halogens is 1. The van der Waals surface area contributed by atoms with Crippen LogP contribution in [0.25, 0.3) is 10.8 Å². The molecule has 0 amide bonds. The summed E-state index contributed by atoms with van der Waals surface area (Å²) in [6.07, 6.45) is 6.10. The van der Waals surface area contributed by atoms with E-state index in [0.717, 1.165) is 28.2 Å². The van der Waals surface area contributed by atoms with Crippen LogP contribution in [0.3, 0.4) is 0 Å². The van der Waals surface area contributed by atoms with Gasteiger partial charge in [0, 0.05) is 10.6 Å². The molecule has 0 aliphatic carbocycles. The van der Waals surface area contributed by atoms with Gasteiger partial charge in [-0.3, -0.25) is 0 Å². The SMILES string of the molecule is C/C(Cl)=C/C[N+]1(CC#Cc2cccc3ccccc23)CCCCC1. The number of allylic oxidation sites excluding steroid dienone is 1. The highest BCUT2D eigenvalue weighted by molar-refractivity contribution is 6.29. The maximum absolute atomic E-state index is 6.07. The van der Waals surface area contributed by atoms with Gasteiger partial charge in [-0.15, -0.1) is 0 Å². The molecule has 1 heterocycles. The van der Waals surface area contributed by atoms with Crippen LogP contribution < -0.4 is 0 Å². The molecule has 0 N–H and O–H groups in total. The molecular formula is C22H25ClN+. The summed E-state index contributed by atoms with van der Waals surface area (Å²) in [4.78, 5) is 0. The fraction of sp³-hybridized carbons (Fsp3) is 0.364. The number of nitrogens with zero attached hydrogens (tertiary/aromatic N) is 1. The molecule has 1 nitrogen and oxygen atoms in total. The Morgan fingerprint density at radius 1 is 1.08 bits per heavy atom. The number of hydrogen-bond acceptors (Lipinski definition) is 0. The molecule has 0 aromatic heterocycles. The van der Waals surface area contributed by atoms with Gasteiger partial charge in [0.05, 0.1) is 19.6 Å². The molecule has 2 heteroatoms. The lowest BCUT2D eigenvalue weighted by Crippen LogP contribution is -2.51. The van der Waals surface area contributed by atoms with Crippen molar-refractivity contribution in [3.63, 3.8) is 0 Å².